The van der Waals surface area contributed by atoms with Gasteiger partial charge >= 0.3 is 0 Å². The van der Waals surface area contributed by atoms with Crippen LogP contribution in [0.15, 0.2) is 6.07 Å². The van der Waals surface area contributed by atoms with Crippen molar-refractivity contribution < 1.29 is 4.79 Å². The molecule has 0 aliphatic carbocycles. The van der Waals surface area contributed by atoms with E-state index in [2.05, 4.69) is 36.8 Å². The molecule has 0 radical (unpaired) electrons. The summed E-state index contributed by atoms with van der Waals surface area (Å²) >= 11 is 0. The van der Waals surface area contributed by atoms with E-state index in [9.17, 15) is 4.79 Å². The number of hydrogen-bond acceptors (Lipinski definition) is 2. The summed E-state index contributed by atoms with van der Waals surface area (Å²) in [5.74, 6) is 0.297. The lowest BCUT2D eigenvalue weighted by Crippen LogP contribution is -2.30. The molecule has 1 fully saturated rings. The molecule has 1 aromatic heterocycles. The second-order valence-electron chi connectivity index (χ2n) is 5.47. The average Bonchev–Trinajstić information content (AvgIpc) is 3.00. The summed E-state index contributed by atoms with van der Waals surface area (Å²) in [6, 6.07) is 2.21. The van der Waals surface area contributed by atoms with E-state index in [-0.39, 0.29) is 0 Å². The molecule has 2 rings (SSSR count). The average molecular weight is 263 g/mol. The first-order valence-corrected chi connectivity index (χ1v) is 7.20. The minimum Gasteiger partial charge on any atom is -0.352 e. The van der Waals surface area contributed by atoms with Gasteiger partial charge in [-0.3, -0.25) is 4.79 Å². The van der Waals surface area contributed by atoms with Crippen LogP contribution in [0.4, 0.5) is 0 Å². The quantitative estimate of drug-likeness (QED) is 0.822. The van der Waals surface area contributed by atoms with E-state index < -0.39 is 0 Å². The van der Waals surface area contributed by atoms with Crippen molar-refractivity contribution in [3.05, 3.63) is 23.0 Å². The fourth-order valence-electron chi connectivity index (χ4n) is 2.66. The molecule has 0 bridgehead atoms. The Morgan fingerprint density at radius 3 is 2.58 bits per heavy atom. The van der Waals surface area contributed by atoms with Gasteiger partial charge in [0.25, 0.3) is 0 Å². The van der Waals surface area contributed by atoms with Crippen molar-refractivity contribution in [1.82, 2.24) is 14.8 Å². The maximum atomic E-state index is 11.9. The van der Waals surface area contributed by atoms with Crippen LogP contribution in [0.2, 0.25) is 0 Å². The Morgan fingerprint density at radius 2 is 2.00 bits per heavy atom. The molecule has 0 spiro atoms. The van der Waals surface area contributed by atoms with E-state index in [1.54, 1.807) is 0 Å². The molecule has 1 amide bonds. The molecule has 4 nitrogen and oxygen atoms in total. The van der Waals surface area contributed by atoms with Gasteiger partial charge in [-0.25, -0.2) is 0 Å². The van der Waals surface area contributed by atoms with Crippen LogP contribution >= 0.6 is 0 Å². The molecule has 1 aliphatic rings. The lowest BCUT2D eigenvalue weighted by Gasteiger charge is -2.15. The Labute approximate surface area is 115 Å². The second kappa shape index (κ2) is 6.24. The van der Waals surface area contributed by atoms with E-state index in [0.29, 0.717) is 12.3 Å². The van der Waals surface area contributed by atoms with Crippen molar-refractivity contribution >= 4 is 5.91 Å². The first-order chi connectivity index (χ1) is 9.09. The van der Waals surface area contributed by atoms with Crippen LogP contribution in [0.1, 0.15) is 36.2 Å². The molecule has 2 heterocycles. The zero-order valence-electron chi connectivity index (χ0n) is 12.3. The number of rotatable bonds is 5. The third-order valence-electron chi connectivity index (χ3n) is 4.17. The van der Waals surface area contributed by atoms with Crippen LogP contribution in [-0.4, -0.2) is 35.0 Å². The van der Waals surface area contributed by atoms with Gasteiger partial charge in [0.05, 0.1) is 0 Å². The molecular formula is C15H25N3O. The summed E-state index contributed by atoms with van der Waals surface area (Å²) in [6.45, 7) is 7.78. The number of aryl methyl sites for hydroxylation is 1. The first kappa shape index (κ1) is 14.1. The number of carbonyl (C=O) groups is 1. The van der Waals surface area contributed by atoms with Crippen LogP contribution in [0.25, 0.3) is 0 Å². The fourth-order valence-corrected chi connectivity index (χ4v) is 2.66. The van der Waals surface area contributed by atoms with Crippen LogP contribution in [-0.2, 0) is 18.4 Å². The molecule has 0 unspecified atom stereocenters. The van der Waals surface area contributed by atoms with Crippen molar-refractivity contribution in [2.75, 3.05) is 19.6 Å². The Morgan fingerprint density at radius 1 is 1.32 bits per heavy atom. The van der Waals surface area contributed by atoms with Gasteiger partial charge in [-0.05, 0) is 38.3 Å². The third-order valence-corrected chi connectivity index (χ3v) is 4.17. The minimum atomic E-state index is 0.297. The SMILES string of the molecule is Cc1cc(CNCCC(=O)N2CCCC2)c(C)n1C. The fraction of sp³-hybridized carbons (Fsp3) is 0.667. The molecule has 19 heavy (non-hydrogen) atoms. The predicted octanol–water partition coefficient (Wildman–Crippen LogP) is 1.74. The van der Waals surface area contributed by atoms with Crippen LogP contribution in [0, 0.1) is 13.8 Å². The molecule has 1 aliphatic heterocycles. The summed E-state index contributed by atoms with van der Waals surface area (Å²) in [5.41, 5.74) is 3.91. The van der Waals surface area contributed by atoms with Gasteiger partial charge in [0, 0.05) is 51.0 Å². The monoisotopic (exact) mass is 263 g/mol. The van der Waals surface area contributed by atoms with Crippen LogP contribution < -0.4 is 5.32 Å². The Bertz CT molecular complexity index is 444. The molecule has 4 heteroatoms. The van der Waals surface area contributed by atoms with Gasteiger partial charge < -0.3 is 14.8 Å². The molecule has 1 saturated heterocycles. The maximum Gasteiger partial charge on any atom is 0.223 e. The van der Waals surface area contributed by atoms with E-state index in [1.165, 1.54) is 29.8 Å². The van der Waals surface area contributed by atoms with Gasteiger partial charge in [-0.2, -0.15) is 0 Å². The van der Waals surface area contributed by atoms with Crippen LogP contribution in [0.3, 0.4) is 0 Å². The van der Waals surface area contributed by atoms with Crippen molar-refractivity contribution in [2.45, 2.75) is 39.7 Å². The summed E-state index contributed by atoms with van der Waals surface area (Å²) < 4.78 is 2.20. The maximum absolute atomic E-state index is 11.9. The molecule has 0 saturated carbocycles. The Hall–Kier alpha value is -1.29. The highest BCUT2D eigenvalue weighted by Crippen LogP contribution is 2.13. The predicted molar refractivity (Wildman–Crippen MR) is 77.0 cm³/mol. The second-order valence-corrected chi connectivity index (χ2v) is 5.47. The highest BCUT2D eigenvalue weighted by molar-refractivity contribution is 5.76. The Balaban J connectivity index is 1.71. The van der Waals surface area contributed by atoms with Gasteiger partial charge in [-0.15, -0.1) is 0 Å². The van der Waals surface area contributed by atoms with Crippen molar-refractivity contribution in [3.8, 4) is 0 Å². The molecule has 1 aromatic rings. The van der Waals surface area contributed by atoms with Gasteiger partial charge in [0.15, 0.2) is 0 Å². The van der Waals surface area contributed by atoms with Crippen LogP contribution in [0.5, 0.6) is 0 Å². The molecule has 0 aromatic carbocycles. The molecule has 106 valence electrons. The summed E-state index contributed by atoms with van der Waals surface area (Å²) in [4.78, 5) is 13.8. The minimum absolute atomic E-state index is 0.297. The highest BCUT2D eigenvalue weighted by atomic mass is 16.2. The number of aromatic nitrogens is 1. The summed E-state index contributed by atoms with van der Waals surface area (Å²) in [7, 11) is 2.09. The zero-order chi connectivity index (χ0) is 13.8. The third kappa shape index (κ3) is 3.38. The Kier molecular flexibility index (Phi) is 4.64. The topological polar surface area (TPSA) is 37.3 Å². The van der Waals surface area contributed by atoms with Crippen molar-refractivity contribution in [2.24, 2.45) is 7.05 Å². The van der Waals surface area contributed by atoms with Gasteiger partial charge in [0.2, 0.25) is 5.91 Å². The molecular weight excluding hydrogens is 238 g/mol. The van der Waals surface area contributed by atoms with Gasteiger partial charge in [-0.1, -0.05) is 0 Å². The first-order valence-electron chi connectivity index (χ1n) is 7.20. The summed E-state index contributed by atoms with van der Waals surface area (Å²) in [6.07, 6.45) is 2.95. The van der Waals surface area contributed by atoms with Crippen molar-refractivity contribution in [3.63, 3.8) is 0 Å². The van der Waals surface area contributed by atoms with E-state index >= 15 is 0 Å². The van der Waals surface area contributed by atoms with E-state index in [1.807, 2.05) is 4.90 Å². The van der Waals surface area contributed by atoms with Crippen molar-refractivity contribution in [1.29, 1.82) is 0 Å². The smallest absolute Gasteiger partial charge is 0.223 e. The summed E-state index contributed by atoms with van der Waals surface area (Å²) in [5, 5.41) is 3.38. The normalized spacial score (nSPS) is 15.2. The number of nitrogens with zero attached hydrogens (tertiary/aromatic N) is 2. The van der Waals surface area contributed by atoms with E-state index in [4.69, 9.17) is 0 Å². The lowest BCUT2D eigenvalue weighted by molar-refractivity contribution is -0.130. The number of hydrogen-bond donors (Lipinski definition) is 1. The molecule has 1 N–H and O–H groups in total. The highest BCUT2D eigenvalue weighted by Gasteiger charge is 2.16. The van der Waals surface area contributed by atoms with Gasteiger partial charge in [0.1, 0.15) is 0 Å². The largest absolute Gasteiger partial charge is 0.352 e. The number of likely N-dealkylation sites (tertiary alicyclic amines) is 1. The number of nitrogens with one attached hydrogen (secondary N) is 1. The number of carbonyl (C=O) groups excluding carboxylic acids is 1. The number of amides is 1. The zero-order valence-corrected chi connectivity index (χ0v) is 12.3. The standard InChI is InChI=1S/C15H25N3O/c1-12-10-14(13(2)17(12)3)11-16-7-6-15(19)18-8-4-5-9-18/h10,16H,4-9,11H2,1-3H3. The van der Waals surface area contributed by atoms with E-state index in [0.717, 1.165) is 26.2 Å². The molecule has 0 atom stereocenters. The lowest BCUT2D eigenvalue weighted by atomic mass is 10.2.